The van der Waals surface area contributed by atoms with Crippen molar-refractivity contribution in [1.82, 2.24) is 9.97 Å². The third-order valence-corrected chi connectivity index (χ3v) is 6.41. The molecule has 2 aromatic rings. The third kappa shape index (κ3) is 6.96. The second-order valence-corrected chi connectivity index (χ2v) is 9.03. The second-order valence-electron chi connectivity index (χ2n) is 9.03. The molecule has 34 heavy (non-hydrogen) atoms. The third-order valence-electron chi connectivity index (χ3n) is 6.41. The zero-order valence-corrected chi connectivity index (χ0v) is 19.8. The van der Waals surface area contributed by atoms with E-state index >= 15 is 0 Å². The molecule has 0 radical (unpaired) electrons. The molecular formula is C25H36N6O3. The number of ether oxygens (including phenoxy) is 1. The highest BCUT2D eigenvalue weighted by atomic mass is 16.7. The summed E-state index contributed by atoms with van der Waals surface area (Å²) in [5.74, 6) is 7.78. The minimum absolute atomic E-state index is 0.358. The largest absolute Gasteiger partial charge is 0.494 e. The van der Waals surface area contributed by atoms with Gasteiger partial charge < -0.3 is 25.5 Å². The highest BCUT2D eigenvalue weighted by Crippen LogP contribution is 2.31. The lowest BCUT2D eigenvalue weighted by molar-refractivity contribution is -0.144. The van der Waals surface area contributed by atoms with Gasteiger partial charge >= 0.3 is 5.97 Å². The Morgan fingerprint density at radius 3 is 2.65 bits per heavy atom. The van der Waals surface area contributed by atoms with E-state index < -0.39 is 0 Å². The standard InChI is InChI=1S/C25H36N6O3/c26-34-22(32)10-6-1-2-7-17-33-20-13-11-19(12-14-20)29-25-30-23-21(15-16-27-23)24(31-25)28-18-8-4-3-5-9-18/h11-14,18H,1-10,15-17,26H2,(H3,27,28,29,30,31). The van der Waals surface area contributed by atoms with Crippen molar-refractivity contribution in [2.75, 3.05) is 29.1 Å². The van der Waals surface area contributed by atoms with Crippen LogP contribution in [0.5, 0.6) is 5.75 Å². The number of nitrogens with zero attached hydrogens (tertiary/aromatic N) is 2. The average molecular weight is 469 g/mol. The molecule has 1 saturated carbocycles. The molecule has 184 valence electrons. The molecular weight excluding hydrogens is 432 g/mol. The molecule has 2 aliphatic rings. The number of nitrogens with one attached hydrogen (secondary N) is 3. The van der Waals surface area contributed by atoms with E-state index in [1.807, 2.05) is 24.3 Å². The van der Waals surface area contributed by atoms with Gasteiger partial charge in [-0.25, -0.2) is 0 Å². The molecule has 1 aromatic heterocycles. The Morgan fingerprint density at radius 1 is 1.06 bits per heavy atom. The van der Waals surface area contributed by atoms with Gasteiger partial charge in [-0.3, -0.25) is 4.79 Å². The van der Waals surface area contributed by atoms with Gasteiger partial charge in [0.1, 0.15) is 17.4 Å². The fourth-order valence-corrected chi connectivity index (χ4v) is 4.53. The van der Waals surface area contributed by atoms with Crippen LogP contribution in [0.2, 0.25) is 0 Å². The number of benzene rings is 1. The fraction of sp³-hybridized carbons (Fsp3) is 0.560. The van der Waals surface area contributed by atoms with Crippen molar-refractivity contribution in [2.45, 2.75) is 76.7 Å². The van der Waals surface area contributed by atoms with Crippen LogP contribution >= 0.6 is 0 Å². The molecule has 1 aliphatic heterocycles. The number of carbonyl (C=O) groups excluding carboxylic acids is 1. The van der Waals surface area contributed by atoms with Crippen LogP contribution in [-0.2, 0) is 16.1 Å². The van der Waals surface area contributed by atoms with Crippen molar-refractivity contribution in [3.63, 3.8) is 0 Å². The number of unbranched alkanes of at least 4 members (excludes halogenated alkanes) is 3. The molecule has 2 heterocycles. The molecule has 0 bridgehead atoms. The second kappa shape index (κ2) is 12.4. The topological polar surface area (TPSA) is 123 Å². The SMILES string of the molecule is NOC(=O)CCCCCCOc1ccc(Nc2nc3c(c(NC4CCCCC4)n2)CCN3)cc1. The van der Waals surface area contributed by atoms with Gasteiger partial charge in [-0.05, 0) is 56.4 Å². The molecule has 9 nitrogen and oxygen atoms in total. The summed E-state index contributed by atoms with van der Waals surface area (Å²) in [5, 5.41) is 10.4. The molecule has 4 rings (SSSR count). The lowest BCUT2D eigenvalue weighted by Gasteiger charge is -2.24. The van der Waals surface area contributed by atoms with Crippen LogP contribution in [-0.4, -0.2) is 35.1 Å². The average Bonchev–Trinajstić information content (AvgIpc) is 3.34. The molecule has 0 atom stereocenters. The first-order valence-electron chi connectivity index (χ1n) is 12.5. The number of fused-ring (bicyclic) bond motifs is 1. The van der Waals surface area contributed by atoms with Gasteiger partial charge in [0.15, 0.2) is 0 Å². The zero-order valence-electron chi connectivity index (χ0n) is 19.8. The normalized spacial score (nSPS) is 15.3. The summed E-state index contributed by atoms with van der Waals surface area (Å²) in [4.78, 5) is 24.6. The van der Waals surface area contributed by atoms with Crippen LogP contribution in [0.25, 0.3) is 0 Å². The maximum atomic E-state index is 11.0. The minimum atomic E-state index is -0.358. The number of rotatable bonds is 12. The Bertz CT molecular complexity index is 931. The summed E-state index contributed by atoms with van der Waals surface area (Å²) >= 11 is 0. The minimum Gasteiger partial charge on any atom is -0.494 e. The molecule has 9 heteroatoms. The number of hydrogen-bond acceptors (Lipinski definition) is 9. The number of nitrogens with two attached hydrogens (primary N) is 1. The Morgan fingerprint density at radius 2 is 1.85 bits per heavy atom. The fourth-order valence-electron chi connectivity index (χ4n) is 4.53. The van der Waals surface area contributed by atoms with E-state index in [2.05, 4.69) is 25.8 Å². The van der Waals surface area contributed by atoms with Gasteiger partial charge in [0.2, 0.25) is 5.95 Å². The van der Waals surface area contributed by atoms with E-state index in [-0.39, 0.29) is 5.97 Å². The maximum Gasteiger partial charge on any atom is 0.324 e. The van der Waals surface area contributed by atoms with Gasteiger partial charge in [0.05, 0.1) is 6.61 Å². The monoisotopic (exact) mass is 468 g/mol. The van der Waals surface area contributed by atoms with Crippen molar-refractivity contribution in [1.29, 1.82) is 0 Å². The first-order valence-corrected chi connectivity index (χ1v) is 12.5. The van der Waals surface area contributed by atoms with Gasteiger partial charge in [0, 0.05) is 30.3 Å². The summed E-state index contributed by atoms with van der Waals surface area (Å²) in [7, 11) is 0. The Balaban J connectivity index is 1.26. The molecule has 1 fully saturated rings. The lowest BCUT2D eigenvalue weighted by atomic mass is 9.95. The molecule has 0 spiro atoms. The number of anilines is 4. The number of hydrogen-bond donors (Lipinski definition) is 4. The van der Waals surface area contributed by atoms with Crippen molar-refractivity contribution in [3.05, 3.63) is 29.8 Å². The van der Waals surface area contributed by atoms with Gasteiger partial charge in [0.25, 0.3) is 0 Å². The van der Waals surface area contributed by atoms with E-state index in [0.717, 1.165) is 61.7 Å². The lowest BCUT2D eigenvalue weighted by Crippen LogP contribution is -2.23. The van der Waals surface area contributed by atoms with Gasteiger partial charge in [-0.2, -0.15) is 15.9 Å². The van der Waals surface area contributed by atoms with Gasteiger partial charge in [-0.1, -0.05) is 32.1 Å². The predicted octanol–water partition coefficient (Wildman–Crippen LogP) is 4.68. The smallest absolute Gasteiger partial charge is 0.324 e. The summed E-state index contributed by atoms with van der Waals surface area (Å²) in [5.41, 5.74) is 2.11. The maximum absolute atomic E-state index is 11.0. The van der Waals surface area contributed by atoms with E-state index in [1.54, 1.807) is 0 Å². The van der Waals surface area contributed by atoms with Crippen molar-refractivity contribution in [2.24, 2.45) is 5.90 Å². The summed E-state index contributed by atoms with van der Waals surface area (Å²) in [6.07, 6.45) is 11.3. The molecule has 0 unspecified atom stereocenters. The number of aromatic nitrogens is 2. The van der Waals surface area contributed by atoms with Crippen LogP contribution in [0, 0.1) is 0 Å². The van der Waals surface area contributed by atoms with E-state index in [1.165, 1.54) is 37.7 Å². The summed E-state index contributed by atoms with van der Waals surface area (Å²) in [6, 6.07) is 8.36. The molecule has 0 saturated heterocycles. The van der Waals surface area contributed by atoms with Crippen molar-refractivity contribution in [3.8, 4) is 5.75 Å². The van der Waals surface area contributed by atoms with Crippen LogP contribution in [0.15, 0.2) is 24.3 Å². The zero-order chi connectivity index (χ0) is 23.6. The first-order chi connectivity index (χ1) is 16.7. The molecule has 0 amide bonds. The highest BCUT2D eigenvalue weighted by molar-refractivity contribution is 5.68. The van der Waals surface area contributed by atoms with E-state index in [0.29, 0.717) is 25.0 Å². The summed E-state index contributed by atoms with van der Waals surface area (Å²) in [6.45, 7) is 1.54. The van der Waals surface area contributed by atoms with Crippen LogP contribution in [0.1, 0.15) is 69.8 Å². The summed E-state index contributed by atoms with van der Waals surface area (Å²) < 4.78 is 5.83. The number of carbonyl (C=O) groups is 1. The Kier molecular flexibility index (Phi) is 8.78. The predicted molar refractivity (Wildman–Crippen MR) is 133 cm³/mol. The Hall–Kier alpha value is -3.07. The quantitative estimate of drug-likeness (QED) is 0.260. The first kappa shape index (κ1) is 24.1. The Labute approximate surface area is 201 Å². The molecule has 1 aliphatic carbocycles. The van der Waals surface area contributed by atoms with Crippen molar-refractivity contribution >= 4 is 29.2 Å². The van der Waals surface area contributed by atoms with Crippen LogP contribution in [0.4, 0.5) is 23.3 Å². The van der Waals surface area contributed by atoms with Crippen LogP contribution < -0.4 is 26.6 Å². The van der Waals surface area contributed by atoms with E-state index in [4.69, 9.17) is 15.6 Å². The van der Waals surface area contributed by atoms with Gasteiger partial charge in [-0.15, -0.1) is 0 Å². The molecule has 1 aromatic carbocycles. The molecule has 5 N–H and O–H groups in total. The van der Waals surface area contributed by atoms with Crippen LogP contribution in [0.3, 0.4) is 0 Å². The van der Waals surface area contributed by atoms with Crippen molar-refractivity contribution < 1.29 is 14.4 Å². The highest BCUT2D eigenvalue weighted by Gasteiger charge is 2.22. The van der Waals surface area contributed by atoms with E-state index in [9.17, 15) is 4.79 Å².